The molecule has 2 heterocycles. The number of hydrogen-bond acceptors (Lipinski definition) is 4. The van der Waals surface area contributed by atoms with Crippen LogP contribution in [0, 0.1) is 6.92 Å². The van der Waals surface area contributed by atoms with Crippen LogP contribution in [0.2, 0.25) is 0 Å². The number of aryl methyl sites for hydroxylation is 3. The van der Waals surface area contributed by atoms with Gasteiger partial charge in [0.15, 0.2) is 0 Å². The predicted molar refractivity (Wildman–Crippen MR) is 69.5 cm³/mol. The first-order valence-corrected chi connectivity index (χ1v) is 6.87. The summed E-state index contributed by atoms with van der Waals surface area (Å²) < 4.78 is 5.28. The molecule has 0 fully saturated rings. The molecule has 3 nitrogen and oxygen atoms in total. The molecule has 0 aliphatic carbocycles. The van der Waals surface area contributed by atoms with Crippen LogP contribution in [0.25, 0.3) is 0 Å². The molecule has 0 bridgehead atoms. The maximum atomic E-state index is 5.28. The van der Waals surface area contributed by atoms with Crippen LogP contribution in [0.15, 0.2) is 16.8 Å². The molecule has 0 spiro atoms. The second kappa shape index (κ2) is 5.45. The van der Waals surface area contributed by atoms with Crippen LogP contribution in [0.1, 0.15) is 47.5 Å². The molecular weight excluding hydrogens is 232 g/mol. The van der Waals surface area contributed by atoms with Gasteiger partial charge in [0, 0.05) is 23.6 Å². The van der Waals surface area contributed by atoms with E-state index in [9.17, 15) is 0 Å². The fraction of sp³-hybridized carbons (Fsp3) is 0.538. The molecule has 0 N–H and O–H groups in total. The van der Waals surface area contributed by atoms with Gasteiger partial charge >= 0.3 is 0 Å². The first kappa shape index (κ1) is 12.3. The van der Waals surface area contributed by atoms with Crippen LogP contribution in [0.5, 0.6) is 0 Å². The van der Waals surface area contributed by atoms with Gasteiger partial charge in [-0.25, -0.2) is 4.98 Å². The molecule has 4 heteroatoms. The fourth-order valence-corrected chi connectivity index (χ4v) is 2.62. The molecule has 0 saturated carbocycles. The molecule has 0 aliphatic heterocycles. The van der Waals surface area contributed by atoms with Gasteiger partial charge in [-0.1, -0.05) is 19.0 Å². The van der Waals surface area contributed by atoms with Crippen molar-refractivity contribution in [2.45, 2.75) is 46.0 Å². The zero-order chi connectivity index (χ0) is 12.3. The molecule has 1 unspecified atom stereocenters. The third kappa shape index (κ3) is 3.16. The SMILES string of the molecule is CCc1cc(CCC(C)c2cnc(C)s2)on1. The van der Waals surface area contributed by atoms with Crippen molar-refractivity contribution >= 4 is 11.3 Å². The lowest BCUT2D eigenvalue weighted by Gasteiger charge is -2.06. The molecule has 92 valence electrons. The topological polar surface area (TPSA) is 38.9 Å². The van der Waals surface area contributed by atoms with E-state index in [1.165, 1.54) is 4.88 Å². The highest BCUT2D eigenvalue weighted by Gasteiger charge is 2.10. The molecule has 2 aromatic rings. The van der Waals surface area contributed by atoms with E-state index < -0.39 is 0 Å². The summed E-state index contributed by atoms with van der Waals surface area (Å²) in [5.74, 6) is 1.53. The average molecular weight is 250 g/mol. The molecule has 0 saturated heterocycles. The highest BCUT2D eigenvalue weighted by molar-refractivity contribution is 7.11. The summed E-state index contributed by atoms with van der Waals surface area (Å²) in [6, 6.07) is 2.06. The summed E-state index contributed by atoms with van der Waals surface area (Å²) in [4.78, 5) is 5.65. The van der Waals surface area contributed by atoms with Gasteiger partial charge in [0.1, 0.15) is 5.76 Å². The number of rotatable bonds is 5. The molecule has 2 rings (SSSR count). The van der Waals surface area contributed by atoms with Crippen molar-refractivity contribution in [1.82, 2.24) is 10.1 Å². The smallest absolute Gasteiger partial charge is 0.137 e. The quantitative estimate of drug-likeness (QED) is 0.811. The maximum absolute atomic E-state index is 5.28. The van der Waals surface area contributed by atoms with Crippen LogP contribution < -0.4 is 0 Å². The lowest BCUT2D eigenvalue weighted by atomic mass is 10.0. The summed E-state index contributed by atoms with van der Waals surface area (Å²) in [5.41, 5.74) is 1.04. The van der Waals surface area contributed by atoms with Gasteiger partial charge in [0.2, 0.25) is 0 Å². The Morgan fingerprint density at radius 2 is 2.29 bits per heavy atom. The lowest BCUT2D eigenvalue weighted by Crippen LogP contribution is -1.93. The van der Waals surface area contributed by atoms with E-state index >= 15 is 0 Å². The molecule has 1 atom stereocenters. The Hall–Kier alpha value is -1.16. The molecule has 0 aromatic carbocycles. The van der Waals surface area contributed by atoms with Crippen LogP contribution in [0.3, 0.4) is 0 Å². The minimum Gasteiger partial charge on any atom is -0.361 e. The largest absolute Gasteiger partial charge is 0.361 e. The predicted octanol–water partition coefficient (Wildman–Crippen LogP) is 3.74. The van der Waals surface area contributed by atoms with E-state index in [0.717, 1.165) is 35.7 Å². The Morgan fingerprint density at radius 3 is 2.88 bits per heavy atom. The highest BCUT2D eigenvalue weighted by atomic mass is 32.1. The van der Waals surface area contributed by atoms with Crippen LogP contribution in [-0.2, 0) is 12.8 Å². The second-order valence-electron chi connectivity index (χ2n) is 4.36. The Labute approximate surface area is 106 Å². The summed E-state index contributed by atoms with van der Waals surface area (Å²) >= 11 is 1.78. The zero-order valence-electron chi connectivity index (χ0n) is 10.6. The standard InChI is InChI=1S/C13H18N2OS/c1-4-11-7-12(16-15-11)6-5-9(2)13-8-14-10(3)17-13/h7-9H,4-6H2,1-3H3. The number of nitrogens with zero attached hydrogens (tertiary/aromatic N) is 2. The van der Waals surface area contributed by atoms with Crippen LogP contribution in [-0.4, -0.2) is 10.1 Å². The minimum absolute atomic E-state index is 0.538. The zero-order valence-corrected chi connectivity index (χ0v) is 11.4. The number of aromatic nitrogens is 2. The lowest BCUT2D eigenvalue weighted by molar-refractivity contribution is 0.372. The molecule has 0 radical (unpaired) electrons. The Morgan fingerprint density at radius 1 is 1.47 bits per heavy atom. The van der Waals surface area contributed by atoms with Gasteiger partial charge < -0.3 is 4.52 Å². The van der Waals surface area contributed by atoms with Crippen molar-refractivity contribution in [2.24, 2.45) is 0 Å². The Balaban J connectivity index is 1.89. The van der Waals surface area contributed by atoms with Crippen molar-refractivity contribution in [3.8, 4) is 0 Å². The second-order valence-corrected chi connectivity index (χ2v) is 5.63. The average Bonchev–Trinajstić information content (AvgIpc) is 2.94. The van der Waals surface area contributed by atoms with Gasteiger partial charge in [-0.15, -0.1) is 11.3 Å². The van der Waals surface area contributed by atoms with Crippen LogP contribution >= 0.6 is 11.3 Å². The first-order valence-electron chi connectivity index (χ1n) is 6.05. The third-order valence-corrected chi connectivity index (χ3v) is 4.06. The number of hydrogen-bond donors (Lipinski definition) is 0. The van der Waals surface area contributed by atoms with Gasteiger partial charge in [-0.2, -0.15) is 0 Å². The van der Waals surface area contributed by atoms with E-state index in [0.29, 0.717) is 5.92 Å². The molecular formula is C13H18N2OS. The Bertz CT molecular complexity index is 475. The highest BCUT2D eigenvalue weighted by Crippen LogP contribution is 2.26. The maximum Gasteiger partial charge on any atom is 0.137 e. The Kier molecular flexibility index (Phi) is 3.94. The molecule has 0 amide bonds. The van der Waals surface area contributed by atoms with Gasteiger partial charge in [-0.05, 0) is 25.7 Å². The molecule has 17 heavy (non-hydrogen) atoms. The first-order chi connectivity index (χ1) is 8.19. The molecule has 0 aliphatic rings. The van der Waals surface area contributed by atoms with Crippen molar-refractivity contribution in [3.05, 3.63) is 33.6 Å². The van der Waals surface area contributed by atoms with Gasteiger partial charge in [0.25, 0.3) is 0 Å². The summed E-state index contributed by atoms with van der Waals surface area (Å²) in [5, 5.41) is 5.14. The summed E-state index contributed by atoms with van der Waals surface area (Å²) in [6.07, 6.45) is 4.96. The normalized spacial score (nSPS) is 12.9. The number of thiazole rings is 1. The fourth-order valence-electron chi connectivity index (χ4n) is 1.75. The van der Waals surface area contributed by atoms with Crippen molar-refractivity contribution < 1.29 is 4.52 Å². The van der Waals surface area contributed by atoms with Gasteiger partial charge in [0.05, 0.1) is 10.7 Å². The molecule has 2 aromatic heterocycles. The monoisotopic (exact) mass is 250 g/mol. The van der Waals surface area contributed by atoms with E-state index in [1.807, 2.05) is 13.1 Å². The van der Waals surface area contributed by atoms with Gasteiger partial charge in [-0.3, -0.25) is 0 Å². The van der Waals surface area contributed by atoms with E-state index in [2.05, 4.69) is 30.1 Å². The van der Waals surface area contributed by atoms with E-state index in [1.54, 1.807) is 11.3 Å². The minimum atomic E-state index is 0.538. The van der Waals surface area contributed by atoms with E-state index in [-0.39, 0.29) is 0 Å². The van der Waals surface area contributed by atoms with Crippen molar-refractivity contribution in [1.29, 1.82) is 0 Å². The van der Waals surface area contributed by atoms with Crippen LogP contribution in [0.4, 0.5) is 0 Å². The van der Waals surface area contributed by atoms with E-state index in [4.69, 9.17) is 4.52 Å². The van der Waals surface area contributed by atoms with Crippen molar-refractivity contribution in [2.75, 3.05) is 0 Å². The third-order valence-electron chi connectivity index (χ3n) is 2.92. The summed E-state index contributed by atoms with van der Waals surface area (Å²) in [6.45, 7) is 6.37. The summed E-state index contributed by atoms with van der Waals surface area (Å²) in [7, 11) is 0. The van der Waals surface area contributed by atoms with Crippen molar-refractivity contribution in [3.63, 3.8) is 0 Å².